The summed E-state index contributed by atoms with van der Waals surface area (Å²) in [7, 11) is 1.38. The third kappa shape index (κ3) is 2.24. The number of fused-ring (bicyclic) bond motifs is 5. The second kappa shape index (κ2) is 5.24. The fourth-order valence-electron chi connectivity index (χ4n) is 2.71. The van der Waals surface area contributed by atoms with Gasteiger partial charge in [-0.3, -0.25) is 9.36 Å². The summed E-state index contributed by atoms with van der Waals surface area (Å²) in [4.78, 5) is 20.6. The maximum atomic E-state index is 11.6. The zero-order valence-corrected chi connectivity index (χ0v) is 12.5. The predicted octanol–water partition coefficient (Wildman–Crippen LogP) is 2.71. The summed E-state index contributed by atoms with van der Waals surface area (Å²) >= 11 is 0. The van der Waals surface area contributed by atoms with Crippen LogP contribution in [-0.4, -0.2) is 27.6 Å². The molecule has 0 amide bonds. The lowest BCUT2D eigenvalue weighted by Gasteiger charge is -2.08. The van der Waals surface area contributed by atoms with Gasteiger partial charge in [-0.15, -0.1) is 0 Å². The molecule has 0 radical (unpaired) electrons. The third-order valence-corrected chi connectivity index (χ3v) is 3.78. The first kappa shape index (κ1) is 13.5. The summed E-state index contributed by atoms with van der Waals surface area (Å²) in [6.45, 7) is 0. The van der Waals surface area contributed by atoms with Gasteiger partial charge in [-0.2, -0.15) is 0 Å². The molecule has 23 heavy (non-hydrogen) atoms. The maximum Gasteiger partial charge on any atom is 0.311 e. The van der Waals surface area contributed by atoms with Crippen molar-refractivity contribution < 1.29 is 9.53 Å². The zero-order chi connectivity index (χ0) is 15.8. The van der Waals surface area contributed by atoms with Crippen LogP contribution >= 0.6 is 0 Å². The quantitative estimate of drug-likeness (QED) is 0.577. The molecule has 114 valence electrons. The van der Waals surface area contributed by atoms with Crippen molar-refractivity contribution in [3.8, 4) is 17.1 Å². The average molecular weight is 306 g/mol. The molecule has 6 heteroatoms. The first-order valence-corrected chi connectivity index (χ1v) is 7.23. The van der Waals surface area contributed by atoms with Crippen LogP contribution in [0.1, 0.15) is 5.69 Å². The monoisotopic (exact) mass is 306 g/mol. The van der Waals surface area contributed by atoms with Crippen LogP contribution in [-0.2, 0) is 16.0 Å². The average Bonchev–Trinajstić information content (AvgIpc) is 2.94. The number of aromatic nitrogens is 3. The van der Waals surface area contributed by atoms with Crippen LogP contribution in [0.25, 0.3) is 17.1 Å². The van der Waals surface area contributed by atoms with Crippen LogP contribution in [0.2, 0.25) is 0 Å². The van der Waals surface area contributed by atoms with Crippen molar-refractivity contribution in [1.82, 2.24) is 14.5 Å². The van der Waals surface area contributed by atoms with Crippen molar-refractivity contribution in [2.75, 3.05) is 12.4 Å². The SMILES string of the molecule is COC(=O)Cc1cn2c(n1)-c1ccccc1Nc1ncccc1-2. The lowest BCUT2D eigenvalue weighted by Crippen LogP contribution is -2.04. The third-order valence-electron chi connectivity index (χ3n) is 3.78. The summed E-state index contributed by atoms with van der Waals surface area (Å²) in [5.41, 5.74) is 3.45. The first-order valence-electron chi connectivity index (χ1n) is 7.23. The van der Waals surface area contributed by atoms with Crippen LogP contribution in [0.3, 0.4) is 0 Å². The van der Waals surface area contributed by atoms with Gasteiger partial charge in [0.1, 0.15) is 5.82 Å². The maximum absolute atomic E-state index is 11.6. The van der Waals surface area contributed by atoms with Gasteiger partial charge in [0.25, 0.3) is 0 Å². The number of imidazole rings is 1. The second-order valence-corrected chi connectivity index (χ2v) is 5.22. The summed E-state index contributed by atoms with van der Waals surface area (Å²) in [6, 6.07) is 11.7. The molecule has 0 spiro atoms. The highest BCUT2D eigenvalue weighted by Crippen LogP contribution is 2.36. The van der Waals surface area contributed by atoms with Crippen molar-refractivity contribution in [3.05, 3.63) is 54.5 Å². The smallest absolute Gasteiger partial charge is 0.311 e. The lowest BCUT2D eigenvalue weighted by atomic mass is 10.1. The Morgan fingerprint density at radius 3 is 3.00 bits per heavy atom. The van der Waals surface area contributed by atoms with Gasteiger partial charge in [-0.1, -0.05) is 12.1 Å². The van der Waals surface area contributed by atoms with Crippen LogP contribution in [0.4, 0.5) is 11.5 Å². The normalized spacial score (nSPS) is 11.5. The van der Waals surface area contributed by atoms with Gasteiger partial charge in [-0.05, 0) is 24.3 Å². The molecule has 0 unspecified atom stereocenters. The minimum atomic E-state index is -0.309. The Balaban J connectivity index is 1.94. The van der Waals surface area contributed by atoms with E-state index in [1.807, 2.05) is 47.2 Å². The molecule has 0 saturated carbocycles. The number of para-hydroxylation sites is 1. The van der Waals surface area contributed by atoms with Gasteiger partial charge in [-0.25, -0.2) is 9.97 Å². The van der Waals surface area contributed by atoms with E-state index in [4.69, 9.17) is 4.74 Å². The van der Waals surface area contributed by atoms with Crippen LogP contribution in [0.15, 0.2) is 48.8 Å². The van der Waals surface area contributed by atoms with E-state index in [1.165, 1.54) is 7.11 Å². The number of methoxy groups -OCH3 is 1. The van der Waals surface area contributed by atoms with Gasteiger partial charge in [0.15, 0.2) is 5.82 Å². The van der Waals surface area contributed by atoms with E-state index in [0.717, 1.165) is 28.6 Å². The van der Waals surface area contributed by atoms with Gasteiger partial charge >= 0.3 is 5.97 Å². The van der Waals surface area contributed by atoms with Crippen LogP contribution < -0.4 is 5.32 Å². The van der Waals surface area contributed by atoms with E-state index < -0.39 is 0 Å². The Bertz CT molecular complexity index is 838. The fraction of sp³-hybridized carbons (Fsp3) is 0.118. The molecule has 2 aromatic heterocycles. The standard InChI is InChI=1S/C17H14N4O2/c1-23-15(22)9-11-10-21-14-7-4-8-18-16(14)20-13-6-3-2-5-12(13)17(21)19-11/h2-8,10H,9H2,1H3,(H,18,20). The van der Waals surface area contributed by atoms with Crippen LogP contribution in [0, 0.1) is 0 Å². The largest absolute Gasteiger partial charge is 0.469 e. The van der Waals surface area contributed by atoms with E-state index in [9.17, 15) is 4.79 Å². The number of pyridine rings is 1. The Morgan fingerprint density at radius 2 is 2.13 bits per heavy atom. The summed E-state index contributed by atoms with van der Waals surface area (Å²) in [5.74, 6) is 1.22. The number of ether oxygens (including phenoxy) is 1. The van der Waals surface area contributed by atoms with E-state index >= 15 is 0 Å². The minimum absolute atomic E-state index is 0.141. The molecule has 0 aliphatic carbocycles. The minimum Gasteiger partial charge on any atom is -0.469 e. The zero-order valence-electron chi connectivity index (χ0n) is 12.5. The van der Waals surface area contributed by atoms with Crippen molar-refractivity contribution in [1.29, 1.82) is 0 Å². The molecule has 6 nitrogen and oxygen atoms in total. The number of hydrogen-bond donors (Lipinski definition) is 1. The summed E-state index contributed by atoms with van der Waals surface area (Å²) in [6.07, 6.45) is 3.74. The number of rotatable bonds is 2. The molecule has 0 bridgehead atoms. The number of hydrogen-bond acceptors (Lipinski definition) is 5. The summed E-state index contributed by atoms with van der Waals surface area (Å²) in [5, 5.41) is 3.34. The van der Waals surface area contributed by atoms with E-state index in [2.05, 4.69) is 15.3 Å². The molecule has 0 saturated heterocycles. The number of anilines is 2. The highest BCUT2D eigenvalue weighted by molar-refractivity contribution is 5.83. The Hall–Kier alpha value is -3.15. The van der Waals surface area contributed by atoms with Crippen molar-refractivity contribution >= 4 is 17.5 Å². The van der Waals surface area contributed by atoms with Gasteiger partial charge in [0.2, 0.25) is 0 Å². The molecule has 3 aromatic rings. The van der Waals surface area contributed by atoms with Crippen molar-refractivity contribution in [2.45, 2.75) is 6.42 Å². The number of esters is 1. The number of carbonyl (C=O) groups is 1. The Labute approximate surface area is 132 Å². The number of nitrogens with one attached hydrogen (secondary N) is 1. The van der Waals surface area contributed by atoms with Gasteiger partial charge < -0.3 is 10.1 Å². The summed E-state index contributed by atoms with van der Waals surface area (Å²) < 4.78 is 6.69. The van der Waals surface area contributed by atoms with Crippen molar-refractivity contribution in [2.24, 2.45) is 0 Å². The highest BCUT2D eigenvalue weighted by Gasteiger charge is 2.22. The molecule has 1 aromatic carbocycles. The molecule has 1 aliphatic rings. The number of nitrogens with zero attached hydrogens (tertiary/aromatic N) is 3. The van der Waals surface area contributed by atoms with Gasteiger partial charge in [0.05, 0.1) is 30.6 Å². The number of carbonyl (C=O) groups excluding carboxylic acids is 1. The number of benzene rings is 1. The predicted molar refractivity (Wildman–Crippen MR) is 85.8 cm³/mol. The second-order valence-electron chi connectivity index (χ2n) is 5.22. The molecular formula is C17H14N4O2. The van der Waals surface area contributed by atoms with E-state index in [1.54, 1.807) is 6.20 Å². The Morgan fingerprint density at radius 1 is 1.26 bits per heavy atom. The molecule has 0 fully saturated rings. The lowest BCUT2D eigenvalue weighted by molar-refractivity contribution is -0.139. The molecular weight excluding hydrogens is 292 g/mol. The topological polar surface area (TPSA) is 69.0 Å². The van der Waals surface area contributed by atoms with E-state index in [0.29, 0.717) is 5.69 Å². The molecule has 1 N–H and O–H groups in total. The fourth-order valence-corrected chi connectivity index (χ4v) is 2.71. The molecule has 1 aliphatic heterocycles. The van der Waals surface area contributed by atoms with Crippen molar-refractivity contribution in [3.63, 3.8) is 0 Å². The molecule has 3 heterocycles. The van der Waals surface area contributed by atoms with E-state index in [-0.39, 0.29) is 12.4 Å². The van der Waals surface area contributed by atoms with Gasteiger partial charge in [0, 0.05) is 18.0 Å². The highest BCUT2D eigenvalue weighted by atomic mass is 16.5. The first-order chi connectivity index (χ1) is 11.3. The molecule has 4 rings (SSSR count). The Kier molecular flexibility index (Phi) is 3.08. The van der Waals surface area contributed by atoms with Crippen LogP contribution in [0.5, 0.6) is 0 Å². The molecule has 0 atom stereocenters.